The lowest BCUT2D eigenvalue weighted by molar-refractivity contribution is -0.125. The molecule has 1 heterocycles. The van der Waals surface area contributed by atoms with E-state index in [-0.39, 0.29) is 11.8 Å². The van der Waals surface area contributed by atoms with Gasteiger partial charge < -0.3 is 5.32 Å². The normalized spacial score (nSPS) is 13.9. The Hall–Kier alpha value is -0.520. The summed E-state index contributed by atoms with van der Waals surface area (Å²) in [6, 6.07) is 0. The molecule has 8 heteroatoms. The Morgan fingerprint density at radius 2 is 2.06 bits per heavy atom. The molecule has 5 nitrogen and oxygen atoms in total. The van der Waals surface area contributed by atoms with Crippen molar-refractivity contribution in [3.05, 3.63) is 12.7 Å². The number of aromatic nitrogens is 3. The first-order valence-corrected chi connectivity index (χ1v) is 5.67. The van der Waals surface area contributed by atoms with Crippen molar-refractivity contribution in [3.8, 4) is 0 Å². The summed E-state index contributed by atoms with van der Waals surface area (Å²) in [4.78, 5) is 15.3. The molecule has 1 amide bonds. The number of hydrogen-bond donors (Lipinski definition) is 1. The molecule has 0 fully saturated rings. The van der Waals surface area contributed by atoms with E-state index in [4.69, 9.17) is 34.8 Å². The van der Waals surface area contributed by atoms with E-state index in [1.807, 2.05) is 0 Å². The summed E-state index contributed by atoms with van der Waals surface area (Å²) in [5.74, 6) is -0.440. The molecule has 0 radical (unpaired) electrons. The van der Waals surface area contributed by atoms with Crippen molar-refractivity contribution in [3.63, 3.8) is 0 Å². The first-order valence-electron chi connectivity index (χ1n) is 4.53. The van der Waals surface area contributed by atoms with Gasteiger partial charge in [-0.05, 0) is 0 Å². The standard InChI is InChI=1S/C8H11Cl3N4O/c1-5(2)6(16)14-7(8(9,10)11)15-4-12-3-13-15/h3-5,7H,1-2H3,(H,14,16). The number of hydrogen-bond acceptors (Lipinski definition) is 3. The van der Waals surface area contributed by atoms with Crippen LogP contribution >= 0.6 is 34.8 Å². The first kappa shape index (κ1) is 13.5. The zero-order chi connectivity index (χ0) is 12.3. The molecule has 1 aromatic rings. The Kier molecular flexibility index (Phi) is 4.41. The zero-order valence-electron chi connectivity index (χ0n) is 8.69. The van der Waals surface area contributed by atoms with E-state index in [2.05, 4.69) is 15.4 Å². The van der Waals surface area contributed by atoms with Crippen molar-refractivity contribution >= 4 is 40.7 Å². The molecule has 1 atom stereocenters. The van der Waals surface area contributed by atoms with Crippen molar-refractivity contribution in [2.24, 2.45) is 5.92 Å². The summed E-state index contributed by atoms with van der Waals surface area (Å²) in [5.41, 5.74) is 0. The summed E-state index contributed by atoms with van der Waals surface area (Å²) in [7, 11) is 0. The van der Waals surface area contributed by atoms with Crippen LogP contribution in [0.4, 0.5) is 0 Å². The topological polar surface area (TPSA) is 59.8 Å². The second-order valence-electron chi connectivity index (χ2n) is 3.48. The molecular weight excluding hydrogens is 274 g/mol. The van der Waals surface area contributed by atoms with Crippen LogP contribution in [0.5, 0.6) is 0 Å². The lowest BCUT2D eigenvalue weighted by atomic mass is 10.2. The first-order chi connectivity index (χ1) is 7.32. The number of nitrogens with one attached hydrogen (secondary N) is 1. The number of carbonyl (C=O) groups is 1. The average Bonchev–Trinajstić information content (AvgIpc) is 2.63. The number of amides is 1. The maximum Gasteiger partial charge on any atom is 0.230 e. The van der Waals surface area contributed by atoms with Crippen LogP contribution in [0, 0.1) is 5.92 Å². The molecule has 16 heavy (non-hydrogen) atoms. The van der Waals surface area contributed by atoms with Crippen LogP contribution in [-0.4, -0.2) is 24.5 Å². The minimum absolute atomic E-state index is 0.210. The highest BCUT2D eigenvalue weighted by Gasteiger charge is 2.36. The average molecular weight is 286 g/mol. The summed E-state index contributed by atoms with van der Waals surface area (Å²) in [6.07, 6.45) is 1.79. The van der Waals surface area contributed by atoms with Gasteiger partial charge in [-0.3, -0.25) is 4.79 Å². The Morgan fingerprint density at radius 1 is 1.44 bits per heavy atom. The predicted octanol–water partition coefficient (Wildman–Crippen LogP) is 1.92. The summed E-state index contributed by atoms with van der Waals surface area (Å²) in [5, 5.41) is 6.42. The van der Waals surface area contributed by atoms with Gasteiger partial charge in [-0.25, -0.2) is 9.67 Å². The van der Waals surface area contributed by atoms with Crippen molar-refractivity contribution in [2.75, 3.05) is 0 Å². The van der Waals surface area contributed by atoms with Gasteiger partial charge >= 0.3 is 0 Å². The zero-order valence-corrected chi connectivity index (χ0v) is 11.0. The van der Waals surface area contributed by atoms with Gasteiger partial charge in [-0.2, -0.15) is 5.10 Å². The molecule has 0 bridgehead atoms. The van der Waals surface area contributed by atoms with E-state index < -0.39 is 9.96 Å². The van der Waals surface area contributed by atoms with E-state index >= 15 is 0 Å². The number of carbonyl (C=O) groups excluding carboxylic acids is 1. The van der Waals surface area contributed by atoms with Crippen molar-refractivity contribution < 1.29 is 4.79 Å². The highest BCUT2D eigenvalue weighted by Crippen LogP contribution is 2.36. The van der Waals surface area contributed by atoms with Gasteiger partial charge in [0, 0.05) is 5.92 Å². The SMILES string of the molecule is CC(C)C(=O)NC(n1cncn1)C(Cl)(Cl)Cl. The third-order valence-electron chi connectivity index (χ3n) is 1.81. The Morgan fingerprint density at radius 3 is 2.44 bits per heavy atom. The van der Waals surface area contributed by atoms with E-state index in [1.165, 1.54) is 17.3 Å². The van der Waals surface area contributed by atoms with E-state index in [0.717, 1.165) is 0 Å². The van der Waals surface area contributed by atoms with Crippen LogP contribution in [0.2, 0.25) is 0 Å². The molecule has 0 saturated carbocycles. The Labute approximate surface area is 108 Å². The monoisotopic (exact) mass is 284 g/mol. The number of nitrogens with zero attached hydrogens (tertiary/aromatic N) is 3. The lowest BCUT2D eigenvalue weighted by Crippen LogP contribution is -2.42. The number of alkyl halides is 3. The predicted molar refractivity (Wildman–Crippen MR) is 62.3 cm³/mol. The quantitative estimate of drug-likeness (QED) is 0.863. The minimum Gasteiger partial charge on any atom is -0.330 e. The molecule has 0 spiro atoms. The fourth-order valence-electron chi connectivity index (χ4n) is 0.950. The van der Waals surface area contributed by atoms with Gasteiger partial charge in [0.25, 0.3) is 0 Å². The van der Waals surface area contributed by atoms with Crippen LogP contribution in [-0.2, 0) is 4.79 Å². The molecule has 1 aromatic heterocycles. The van der Waals surface area contributed by atoms with Gasteiger partial charge in [-0.1, -0.05) is 48.7 Å². The van der Waals surface area contributed by atoms with Gasteiger partial charge in [0.05, 0.1) is 0 Å². The van der Waals surface area contributed by atoms with Crippen LogP contribution in [0.3, 0.4) is 0 Å². The third-order valence-corrected chi connectivity index (χ3v) is 2.43. The van der Waals surface area contributed by atoms with Gasteiger partial charge in [0.1, 0.15) is 12.7 Å². The van der Waals surface area contributed by atoms with E-state index in [1.54, 1.807) is 13.8 Å². The molecule has 0 saturated heterocycles. The molecule has 1 rings (SSSR count). The minimum atomic E-state index is -1.70. The molecule has 1 N–H and O–H groups in total. The maximum absolute atomic E-state index is 11.5. The Bertz CT molecular complexity index is 347. The maximum atomic E-state index is 11.5. The highest BCUT2D eigenvalue weighted by atomic mass is 35.6. The smallest absolute Gasteiger partial charge is 0.230 e. The molecule has 0 aliphatic carbocycles. The fraction of sp³-hybridized carbons (Fsp3) is 0.625. The molecule has 0 aliphatic rings. The van der Waals surface area contributed by atoms with Crippen LogP contribution < -0.4 is 5.32 Å². The van der Waals surface area contributed by atoms with Gasteiger partial charge in [-0.15, -0.1) is 0 Å². The van der Waals surface area contributed by atoms with Crippen LogP contribution in [0.15, 0.2) is 12.7 Å². The Balaban J connectivity index is 2.86. The van der Waals surface area contributed by atoms with Crippen molar-refractivity contribution in [1.29, 1.82) is 0 Å². The van der Waals surface area contributed by atoms with Crippen LogP contribution in [0.1, 0.15) is 20.0 Å². The van der Waals surface area contributed by atoms with Crippen molar-refractivity contribution in [2.45, 2.75) is 23.8 Å². The third kappa shape index (κ3) is 3.50. The summed E-state index contributed by atoms with van der Waals surface area (Å²) >= 11 is 17.3. The molecular formula is C8H11Cl3N4O. The van der Waals surface area contributed by atoms with Gasteiger partial charge in [0.15, 0.2) is 6.17 Å². The highest BCUT2D eigenvalue weighted by molar-refractivity contribution is 6.67. The van der Waals surface area contributed by atoms with Gasteiger partial charge in [0.2, 0.25) is 9.70 Å². The summed E-state index contributed by atoms with van der Waals surface area (Å²) in [6.45, 7) is 3.48. The van der Waals surface area contributed by atoms with E-state index in [9.17, 15) is 4.79 Å². The van der Waals surface area contributed by atoms with Crippen LogP contribution in [0.25, 0.3) is 0 Å². The molecule has 90 valence electrons. The number of rotatable bonds is 3. The van der Waals surface area contributed by atoms with Crippen molar-refractivity contribution in [1.82, 2.24) is 20.1 Å². The lowest BCUT2D eigenvalue weighted by Gasteiger charge is -2.25. The number of halogens is 3. The largest absolute Gasteiger partial charge is 0.330 e. The second-order valence-corrected chi connectivity index (χ2v) is 5.85. The molecule has 0 aliphatic heterocycles. The second kappa shape index (κ2) is 5.21. The summed E-state index contributed by atoms with van der Waals surface area (Å²) < 4.78 is -0.411. The van der Waals surface area contributed by atoms with E-state index in [0.29, 0.717) is 0 Å². The fourth-order valence-corrected chi connectivity index (χ4v) is 1.41. The molecule has 1 unspecified atom stereocenters. The molecule has 0 aromatic carbocycles.